The van der Waals surface area contributed by atoms with E-state index in [1.54, 1.807) is 6.07 Å². The van der Waals surface area contributed by atoms with Gasteiger partial charge in [-0.1, -0.05) is 19.3 Å². The van der Waals surface area contributed by atoms with Gasteiger partial charge in [-0.3, -0.25) is 9.78 Å². The molecule has 0 bridgehead atoms. The fraction of sp³-hybridized carbons (Fsp3) is 0.600. The molecule has 76 valence electrons. The molecular formula is C10H15N3O. The third-order valence-electron chi connectivity index (χ3n) is 2.80. The minimum atomic E-state index is -0.141. The molecule has 1 aliphatic rings. The summed E-state index contributed by atoms with van der Waals surface area (Å²) in [5, 5.41) is 0. The van der Waals surface area contributed by atoms with Crippen molar-refractivity contribution >= 4 is 5.95 Å². The van der Waals surface area contributed by atoms with Crippen molar-refractivity contribution in [1.82, 2.24) is 9.97 Å². The lowest BCUT2D eigenvalue weighted by Gasteiger charge is -2.20. The third kappa shape index (κ3) is 1.95. The number of nitrogens with one attached hydrogen (secondary N) is 1. The van der Waals surface area contributed by atoms with Gasteiger partial charge in [0.1, 0.15) is 0 Å². The first-order chi connectivity index (χ1) is 6.75. The lowest BCUT2D eigenvalue weighted by molar-refractivity contribution is 0.436. The number of anilines is 1. The van der Waals surface area contributed by atoms with Crippen LogP contribution in [-0.4, -0.2) is 9.97 Å². The first kappa shape index (κ1) is 9.24. The molecule has 0 radical (unpaired) electrons. The number of nitrogen functional groups attached to an aromatic ring is 1. The van der Waals surface area contributed by atoms with Crippen LogP contribution in [0, 0.1) is 0 Å². The molecule has 4 nitrogen and oxygen atoms in total. The second-order valence-electron chi connectivity index (χ2n) is 3.89. The Balaban J connectivity index is 2.26. The normalized spacial score (nSPS) is 18.3. The van der Waals surface area contributed by atoms with E-state index in [1.807, 2.05) is 0 Å². The molecule has 1 aliphatic carbocycles. The van der Waals surface area contributed by atoms with Crippen LogP contribution in [0.1, 0.15) is 43.7 Å². The second-order valence-corrected chi connectivity index (χ2v) is 3.89. The van der Waals surface area contributed by atoms with Gasteiger partial charge in [0.15, 0.2) is 0 Å². The molecule has 0 unspecified atom stereocenters. The van der Waals surface area contributed by atoms with Gasteiger partial charge in [0, 0.05) is 12.0 Å². The molecule has 1 aromatic rings. The van der Waals surface area contributed by atoms with Crippen LogP contribution in [0.25, 0.3) is 0 Å². The van der Waals surface area contributed by atoms with E-state index in [1.165, 1.54) is 19.3 Å². The maximum absolute atomic E-state index is 11.2. The van der Waals surface area contributed by atoms with Gasteiger partial charge in [-0.05, 0) is 12.8 Å². The Morgan fingerprint density at radius 3 is 2.71 bits per heavy atom. The van der Waals surface area contributed by atoms with Crippen molar-refractivity contribution in [3.8, 4) is 0 Å². The van der Waals surface area contributed by atoms with Gasteiger partial charge in [-0.25, -0.2) is 4.98 Å². The maximum atomic E-state index is 11.2. The minimum Gasteiger partial charge on any atom is -0.369 e. The molecule has 1 aromatic heterocycles. The average molecular weight is 193 g/mol. The Hall–Kier alpha value is -1.32. The Morgan fingerprint density at radius 2 is 2.07 bits per heavy atom. The SMILES string of the molecule is Nc1nc(C2CCCCC2)cc(=O)[nH]1. The summed E-state index contributed by atoms with van der Waals surface area (Å²) in [6.07, 6.45) is 6.04. The van der Waals surface area contributed by atoms with Crippen molar-refractivity contribution in [2.45, 2.75) is 38.0 Å². The van der Waals surface area contributed by atoms with Crippen LogP contribution < -0.4 is 11.3 Å². The molecule has 0 saturated heterocycles. The number of hydrogen-bond acceptors (Lipinski definition) is 3. The molecule has 0 amide bonds. The molecule has 3 N–H and O–H groups in total. The summed E-state index contributed by atoms with van der Waals surface area (Å²) in [5.41, 5.74) is 6.23. The molecule has 4 heteroatoms. The fourth-order valence-corrected chi connectivity index (χ4v) is 2.10. The van der Waals surface area contributed by atoms with Crippen molar-refractivity contribution < 1.29 is 0 Å². The highest BCUT2D eigenvalue weighted by Crippen LogP contribution is 2.30. The minimum absolute atomic E-state index is 0.141. The third-order valence-corrected chi connectivity index (χ3v) is 2.80. The van der Waals surface area contributed by atoms with Gasteiger partial charge in [0.2, 0.25) is 5.95 Å². The van der Waals surface area contributed by atoms with Gasteiger partial charge in [-0.2, -0.15) is 0 Å². The number of aromatic amines is 1. The molecule has 0 aromatic carbocycles. The topological polar surface area (TPSA) is 71.8 Å². The van der Waals surface area contributed by atoms with Crippen molar-refractivity contribution in [1.29, 1.82) is 0 Å². The fourth-order valence-electron chi connectivity index (χ4n) is 2.10. The van der Waals surface area contributed by atoms with Crippen LogP contribution in [-0.2, 0) is 0 Å². The molecule has 0 atom stereocenters. The summed E-state index contributed by atoms with van der Waals surface area (Å²) in [7, 11) is 0. The predicted molar refractivity (Wildman–Crippen MR) is 55.1 cm³/mol. The van der Waals surface area contributed by atoms with Crippen molar-refractivity contribution in [3.05, 3.63) is 22.1 Å². The lowest BCUT2D eigenvalue weighted by Crippen LogP contribution is -2.15. The van der Waals surface area contributed by atoms with E-state index in [-0.39, 0.29) is 11.5 Å². The number of nitrogens with two attached hydrogens (primary N) is 1. The number of H-pyrrole nitrogens is 1. The monoisotopic (exact) mass is 193 g/mol. The van der Waals surface area contributed by atoms with E-state index < -0.39 is 0 Å². The van der Waals surface area contributed by atoms with E-state index in [0.29, 0.717) is 5.92 Å². The van der Waals surface area contributed by atoms with Gasteiger partial charge in [-0.15, -0.1) is 0 Å². The second kappa shape index (κ2) is 3.82. The van der Waals surface area contributed by atoms with E-state index in [2.05, 4.69) is 9.97 Å². The van der Waals surface area contributed by atoms with Gasteiger partial charge < -0.3 is 5.73 Å². The van der Waals surface area contributed by atoms with E-state index in [4.69, 9.17) is 5.73 Å². The van der Waals surface area contributed by atoms with E-state index in [0.717, 1.165) is 18.5 Å². The standard InChI is InChI=1S/C10H15N3O/c11-10-12-8(6-9(14)13-10)7-4-2-1-3-5-7/h6-7H,1-5H2,(H3,11,12,13,14). The zero-order chi connectivity index (χ0) is 9.97. The van der Waals surface area contributed by atoms with Crippen molar-refractivity contribution in [3.63, 3.8) is 0 Å². The molecule has 2 rings (SSSR count). The van der Waals surface area contributed by atoms with Crippen molar-refractivity contribution in [2.24, 2.45) is 0 Å². The molecule has 1 fully saturated rings. The largest absolute Gasteiger partial charge is 0.369 e. The molecule has 0 spiro atoms. The number of aromatic nitrogens is 2. The first-order valence-electron chi connectivity index (χ1n) is 5.12. The molecule has 0 aliphatic heterocycles. The average Bonchev–Trinajstić information content (AvgIpc) is 2.18. The highest BCUT2D eigenvalue weighted by Gasteiger charge is 2.17. The van der Waals surface area contributed by atoms with Crippen LogP contribution in [0.15, 0.2) is 10.9 Å². The zero-order valence-corrected chi connectivity index (χ0v) is 8.12. The van der Waals surface area contributed by atoms with Gasteiger partial charge in [0.25, 0.3) is 5.56 Å². The number of nitrogens with zero attached hydrogens (tertiary/aromatic N) is 1. The smallest absolute Gasteiger partial charge is 0.252 e. The number of hydrogen-bond donors (Lipinski definition) is 2. The van der Waals surface area contributed by atoms with Crippen molar-refractivity contribution in [2.75, 3.05) is 5.73 Å². The van der Waals surface area contributed by atoms with Gasteiger partial charge >= 0.3 is 0 Å². The summed E-state index contributed by atoms with van der Waals surface area (Å²) in [5.74, 6) is 0.673. The van der Waals surface area contributed by atoms with E-state index >= 15 is 0 Å². The maximum Gasteiger partial charge on any atom is 0.252 e. The summed E-state index contributed by atoms with van der Waals surface area (Å²) in [6.45, 7) is 0. The summed E-state index contributed by atoms with van der Waals surface area (Å²) >= 11 is 0. The van der Waals surface area contributed by atoms with Crippen LogP contribution in [0.4, 0.5) is 5.95 Å². The highest BCUT2D eigenvalue weighted by atomic mass is 16.1. The van der Waals surface area contributed by atoms with Crippen LogP contribution in [0.3, 0.4) is 0 Å². The zero-order valence-electron chi connectivity index (χ0n) is 8.12. The lowest BCUT2D eigenvalue weighted by atomic mass is 9.87. The molecule has 1 heterocycles. The van der Waals surface area contributed by atoms with Crippen LogP contribution >= 0.6 is 0 Å². The van der Waals surface area contributed by atoms with Gasteiger partial charge in [0.05, 0.1) is 5.69 Å². The van der Waals surface area contributed by atoms with Crippen LogP contribution in [0.5, 0.6) is 0 Å². The number of rotatable bonds is 1. The summed E-state index contributed by atoms with van der Waals surface area (Å²) in [4.78, 5) is 17.8. The Bertz CT molecular complexity index is 366. The summed E-state index contributed by atoms with van der Waals surface area (Å²) < 4.78 is 0. The highest BCUT2D eigenvalue weighted by molar-refractivity contribution is 5.20. The molecular weight excluding hydrogens is 178 g/mol. The van der Waals surface area contributed by atoms with E-state index in [9.17, 15) is 4.79 Å². The van der Waals surface area contributed by atoms with Crippen LogP contribution in [0.2, 0.25) is 0 Å². The molecule has 1 saturated carbocycles. The first-order valence-corrected chi connectivity index (χ1v) is 5.12. The summed E-state index contributed by atoms with van der Waals surface area (Å²) in [6, 6.07) is 1.58. The Morgan fingerprint density at radius 1 is 1.36 bits per heavy atom. The molecule has 14 heavy (non-hydrogen) atoms. The Kier molecular flexibility index (Phi) is 2.52. The Labute approximate surface area is 82.6 Å². The quantitative estimate of drug-likeness (QED) is 0.708. The predicted octanol–water partition coefficient (Wildman–Crippen LogP) is 1.40.